The topological polar surface area (TPSA) is 74.6 Å². The molecule has 1 aromatic rings. The molecule has 76 valence electrons. The molecule has 0 spiro atoms. The Hall–Kier alpha value is -1.24. The number of hydrogen-bond acceptors (Lipinski definition) is 2. The molecule has 0 saturated heterocycles. The van der Waals surface area contributed by atoms with Crippen molar-refractivity contribution in [3.8, 4) is 0 Å². The maximum atomic E-state index is 10.9. The average molecular weight is 202 g/mol. The quantitative estimate of drug-likeness (QED) is 0.449. The van der Waals surface area contributed by atoms with E-state index >= 15 is 0 Å². The van der Waals surface area contributed by atoms with Crippen molar-refractivity contribution >= 4 is 11.9 Å². The Balaban J connectivity index is 0. The summed E-state index contributed by atoms with van der Waals surface area (Å²) in [6.45, 7) is 1.17. The molecule has 0 aromatic heterocycles. The molecular weight excluding hydrogens is 191 g/mol. The third-order valence-electron chi connectivity index (χ3n) is 2.21. The van der Waals surface area contributed by atoms with E-state index in [1.165, 1.54) is 19.1 Å². The number of benzene rings is 1. The minimum Gasteiger partial charge on any atom is -1.00 e. The van der Waals surface area contributed by atoms with E-state index in [1.807, 2.05) is 0 Å². The maximum Gasteiger partial charge on any atom is 1.00 e. The van der Waals surface area contributed by atoms with Crippen molar-refractivity contribution in [1.29, 1.82) is 0 Å². The van der Waals surface area contributed by atoms with Gasteiger partial charge in [-0.3, -0.25) is 9.59 Å². The van der Waals surface area contributed by atoms with Gasteiger partial charge >= 0.3 is 30.8 Å². The van der Waals surface area contributed by atoms with Gasteiger partial charge in [-0.2, -0.15) is 0 Å². The van der Waals surface area contributed by atoms with Crippen molar-refractivity contribution in [2.24, 2.45) is 0 Å². The molecule has 0 aliphatic heterocycles. The molecule has 0 heterocycles. The van der Waals surface area contributed by atoms with Crippen molar-refractivity contribution in [3.05, 3.63) is 35.9 Å². The number of carbonyl (C=O) groups is 2. The van der Waals surface area contributed by atoms with Gasteiger partial charge in [0.05, 0.1) is 0 Å². The van der Waals surface area contributed by atoms with Crippen LogP contribution in [-0.4, -0.2) is 22.2 Å². The van der Waals surface area contributed by atoms with Crippen LogP contribution in [0.1, 0.15) is 13.9 Å². The smallest absolute Gasteiger partial charge is 1.00 e. The molecule has 0 bridgehead atoms. The van der Waals surface area contributed by atoms with Crippen LogP contribution in [0.5, 0.6) is 0 Å². The first kappa shape index (κ1) is 13.8. The molecule has 0 amide bonds. The SMILES string of the molecule is CC(C(=O)O)(C(=O)O)c1ccccc1.[H-].[Li+]. The van der Waals surface area contributed by atoms with Crippen LogP contribution in [0.4, 0.5) is 0 Å². The summed E-state index contributed by atoms with van der Waals surface area (Å²) in [7, 11) is 0. The molecule has 4 nitrogen and oxygen atoms in total. The zero-order valence-electron chi connectivity index (χ0n) is 9.60. The van der Waals surface area contributed by atoms with Crippen molar-refractivity contribution in [2.45, 2.75) is 12.3 Å². The number of hydrogen-bond donors (Lipinski definition) is 2. The average Bonchev–Trinajstić information content (AvgIpc) is 2.17. The predicted octanol–water partition coefficient (Wildman–Crippen LogP) is -1.77. The minimum absolute atomic E-state index is 0. The summed E-state index contributed by atoms with van der Waals surface area (Å²) in [5.41, 5.74) is -1.61. The van der Waals surface area contributed by atoms with Crippen LogP contribution in [0.15, 0.2) is 30.3 Å². The van der Waals surface area contributed by atoms with Crippen LogP contribution < -0.4 is 18.9 Å². The Bertz CT molecular complexity index is 352. The van der Waals surface area contributed by atoms with Crippen LogP contribution >= 0.6 is 0 Å². The maximum absolute atomic E-state index is 10.9. The summed E-state index contributed by atoms with van der Waals surface area (Å²) in [5.74, 6) is -2.73. The van der Waals surface area contributed by atoms with Gasteiger partial charge in [0, 0.05) is 0 Å². The molecule has 0 radical (unpaired) electrons. The summed E-state index contributed by atoms with van der Waals surface area (Å²) >= 11 is 0. The van der Waals surface area contributed by atoms with Crippen LogP contribution in [0, 0.1) is 0 Å². The second-order valence-electron chi connectivity index (χ2n) is 3.10. The molecule has 5 heteroatoms. The molecule has 15 heavy (non-hydrogen) atoms. The van der Waals surface area contributed by atoms with Gasteiger partial charge in [-0.05, 0) is 12.5 Å². The van der Waals surface area contributed by atoms with Crippen LogP contribution in [0.2, 0.25) is 0 Å². The number of carboxylic acids is 2. The number of carboxylic acid groups (broad SMARTS) is 2. The molecular formula is C10H11LiO4. The summed E-state index contributed by atoms with van der Waals surface area (Å²) in [5, 5.41) is 17.8. The molecule has 1 aromatic carbocycles. The van der Waals surface area contributed by atoms with E-state index < -0.39 is 17.4 Å². The normalized spacial score (nSPS) is 10.2. The zero-order valence-corrected chi connectivity index (χ0v) is 8.60. The first-order valence-electron chi connectivity index (χ1n) is 4.02. The van der Waals surface area contributed by atoms with Crippen molar-refractivity contribution < 1.29 is 40.1 Å². The fraction of sp³-hybridized carbons (Fsp3) is 0.200. The van der Waals surface area contributed by atoms with Crippen LogP contribution in [0.3, 0.4) is 0 Å². The van der Waals surface area contributed by atoms with E-state index in [1.54, 1.807) is 18.2 Å². The Kier molecular flexibility index (Phi) is 4.60. The van der Waals surface area contributed by atoms with Gasteiger partial charge in [-0.15, -0.1) is 0 Å². The largest absolute Gasteiger partial charge is 1.00 e. The summed E-state index contributed by atoms with van der Waals surface area (Å²) in [6.07, 6.45) is 0. The second-order valence-corrected chi connectivity index (χ2v) is 3.10. The summed E-state index contributed by atoms with van der Waals surface area (Å²) < 4.78 is 0. The fourth-order valence-corrected chi connectivity index (χ4v) is 1.11. The van der Waals surface area contributed by atoms with Gasteiger partial charge in [0.1, 0.15) is 0 Å². The fourth-order valence-electron chi connectivity index (χ4n) is 1.11. The van der Waals surface area contributed by atoms with Gasteiger partial charge < -0.3 is 11.6 Å². The van der Waals surface area contributed by atoms with E-state index in [0.29, 0.717) is 0 Å². The van der Waals surface area contributed by atoms with E-state index in [-0.39, 0.29) is 25.9 Å². The van der Waals surface area contributed by atoms with E-state index in [9.17, 15) is 9.59 Å². The first-order chi connectivity index (χ1) is 6.49. The molecule has 1 rings (SSSR count). The molecule has 2 N–H and O–H groups in total. The Labute approximate surface area is 101 Å². The zero-order chi connectivity index (χ0) is 10.8. The van der Waals surface area contributed by atoms with Gasteiger partial charge in [0.25, 0.3) is 0 Å². The Morgan fingerprint density at radius 2 is 1.53 bits per heavy atom. The third kappa shape index (κ3) is 2.41. The van der Waals surface area contributed by atoms with Gasteiger partial charge in [-0.25, -0.2) is 0 Å². The molecule has 0 fully saturated rings. The Morgan fingerprint density at radius 1 is 1.13 bits per heavy atom. The molecule has 0 unspecified atom stereocenters. The van der Waals surface area contributed by atoms with Crippen molar-refractivity contribution in [3.63, 3.8) is 0 Å². The van der Waals surface area contributed by atoms with E-state index in [0.717, 1.165) is 0 Å². The van der Waals surface area contributed by atoms with Crippen molar-refractivity contribution in [1.82, 2.24) is 0 Å². The van der Waals surface area contributed by atoms with Crippen molar-refractivity contribution in [2.75, 3.05) is 0 Å². The molecule has 0 atom stereocenters. The molecule has 0 aliphatic carbocycles. The summed E-state index contributed by atoms with van der Waals surface area (Å²) in [4.78, 5) is 21.8. The Morgan fingerprint density at radius 3 is 1.87 bits per heavy atom. The monoisotopic (exact) mass is 202 g/mol. The standard InChI is InChI=1S/C10H10O4.Li.H/c1-10(8(11)12,9(13)14)7-5-3-2-4-6-7;;/h2-6H,1H3,(H,11,12)(H,13,14);;/q;+1;-1. The van der Waals surface area contributed by atoms with Gasteiger partial charge in [0.15, 0.2) is 5.41 Å². The summed E-state index contributed by atoms with van der Waals surface area (Å²) in [6, 6.07) is 7.90. The number of rotatable bonds is 3. The van der Waals surface area contributed by atoms with E-state index in [2.05, 4.69) is 0 Å². The molecule has 0 aliphatic rings. The van der Waals surface area contributed by atoms with Crippen LogP contribution in [0.25, 0.3) is 0 Å². The minimum atomic E-state index is -1.87. The van der Waals surface area contributed by atoms with E-state index in [4.69, 9.17) is 10.2 Å². The second kappa shape index (κ2) is 5.01. The first-order valence-corrected chi connectivity index (χ1v) is 4.02. The predicted molar refractivity (Wildman–Crippen MR) is 50.2 cm³/mol. The van der Waals surface area contributed by atoms with Gasteiger partial charge in [-0.1, -0.05) is 30.3 Å². The van der Waals surface area contributed by atoms with Crippen LogP contribution in [-0.2, 0) is 15.0 Å². The third-order valence-corrected chi connectivity index (χ3v) is 2.21. The molecule has 0 saturated carbocycles. The van der Waals surface area contributed by atoms with Gasteiger partial charge in [0.2, 0.25) is 0 Å². The number of aliphatic carboxylic acids is 2.